The Hall–Kier alpha value is -1.81. The zero-order valence-electron chi connectivity index (χ0n) is 20.6. The van der Waals surface area contributed by atoms with Crippen molar-refractivity contribution in [3.63, 3.8) is 0 Å². The van der Waals surface area contributed by atoms with E-state index < -0.39 is 0 Å². The highest BCUT2D eigenvalue weighted by Gasteiger charge is 2.45. The van der Waals surface area contributed by atoms with Crippen LogP contribution in [-0.4, -0.2) is 48.7 Å². The lowest BCUT2D eigenvalue weighted by molar-refractivity contribution is -0.137. The van der Waals surface area contributed by atoms with Gasteiger partial charge in [0.15, 0.2) is 0 Å². The van der Waals surface area contributed by atoms with E-state index in [0.717, 1.165) is 35.5 Å². The van der Waals surface area contributed by atoms with Crippen LogP contribution < -0.4 is 4.90 Å². The molecule has 4 fully saturated rings. The molecule has 4 heteroatoms. The topological polar surface area (TPSA) is 32.8 Å². The maximum atomic E-state index is 11.9. The molecule has 0 aromatic heterocycles. The lowest BCUT2D eigenvalue weighted by Gasteiger charge is -2.56. The molecule has 0 spiro atoms. The summed E-state index contributed by atoms with van der Waals surface area (Å²) in [4.78, 5) is 17.4. The van der Waals surface area contributed by atoms with Gasteiger partial charge in [0.1, 0.15) is 0 Å². The van der Waals surface area contributed by atoms with Crippen molar-refractivity contribution >= 4 is 17.7 Å². The molecule has 4 nitrogen and oxygen atoms in total. The van der Waals surface area contributed by atoms with Gasteiger partial charge in [0.25, 0.3) is 0 Å². The quantitative estimate of drug-likeness (QED) is 0.390. The number of piperidine rings is 2. The van der Waals surface area contributed by atoms with Gasteiger partial charge in [-0.1, -0.05) is 43.9 Å². The average molecular weight is 451 g/mol. The van der Waals surface area contributed by atoms with Crippen molar-refractivity contribution in [3.8, 4) is 0 Å². The number of rotatable bonds is 6. The minimum absolute atomic E-state index is 0.268. The summed E-state index contributed by atoms with van der Waals surface area (Å²) < 4.78 is 5.08. The maximum absolute atomic E-state index is 11.9. The predicted octanol–water partition coefficient (Wildman–Crippen LogP) is 6.05. The van der Waals surface area contributed by atoms with Gasteiger partial charge < -0.3 is 9.64 Å². The van der Waals surface area contributed by atoms with Gasteiger partial charge in [0, 0.05) is 43.0 Å². The van der Waals surface area contributed by atoms with Gasteiger partial charge in [-0.25, -0.2) is 4.79 Å². The number of hydrogen-bond donors (Lipinski definition) is 0. The molecule has 4 bridgehead atoms. The highest BCUT2D eigenvalue weighted by atomic mass is 16.5. The number of benzene rings is 1. The molecule has 1 aromatic carbocycles. The monoisotopic (exact) mass is 450 g/mol. The normalized spacial score (nSPS) is 34.2. The number of carbonyl (C=O) groups is 1. The van der Waals surface area contributed by atoms with Crippen molar-refractivity contribution in [2.75, 3.05) is 18.6 Å². The summed E-state index contributed by atoms with van der Waals surface area (Å²) in [7, 11) is 2.26. The Bertz CT molecular complexity index is 826. The molecule has 0 N–H and O–H groups in total. The second-order valence-corrected chi connectivity index (χ2v) is 11.1. The molecule has 6 atom stereocenters. The van der Waals surface area contributed by atoms with Crippen LogP contribution in [0, 0.1) is 11.8 Å². The fraction of sp³-hybridized carbons (Fsp3) is 0.690. The first-order valence-corrected chi connectivity index (χ1v) is 13.6. The first-order valence-electron chi connectivity index (χ1n) is 13.6. The van der Waals surface area contributed by atoms with Crippen molar-refractivity contribution in [1.82, 2.24) is 4.90 Å². The molecule has 33 heavy (non-hydrogen) atoms. The van der Waals surface area contributed by atoms with E-state index in [1.54, 1.807) is 6.08 Å². The molecule has 5 rings (SSSR count). The van der Waals surface area contributed by atoms with E-state index in [0.29, 0.717) is 12.6 Å². The smallest absolute Gasteiger partial charge is 0.330 e. The molecule has 2 aliphatic carbocycles. The fourth-order valence-electron chi connectivity index (χ4n) is 7.74. The van der Waals surface area contributed by atoms with E-state index in [2.05, 4.69) is 41.1 Å². The predicted molar refractivity (Wildman–Crippen MR) is 135 cm³/mol. The van der Waals surface area contributed by atoms with E-state index in [1.165, 1.54) is 76.3 Å². The minimum atomic E-state index is -0.268. The van der Waals surface area contributed by atoms with Crippen molar-refractivity contribution in [2.24, 2.45) is 11.8 Å². The summed E-state index contributed by atoms with van der Waals surface area (Å²) in [6.45, 7) is 2.25. The van der Waals surface area contributed by atoms with Crippen LogP contribution in [0.15, 0.2) is 30.3 Å². The van der Waals surface area contributed by atoms with Gasteiger partial charge >= 0.3 is 5.97 Å². The molecule has 4 aliphatic rings. The summed E-state index contributed by atoms with van der Waals surface area (Å²) in [5.74, 6) is 1.73. The first-order chi connectivity index (χ1) is 16.1. The summed E-state index contributed by atoms with van der Waals surface area (Å²) in [5, 5.41) is 0. The fourth-order valence-corrected chi connectivity index (χ4v) is 7.74. The maximum Gasteiger partial charge on any atom is 0.330 e. The standard InChI is InChI=1S/C29H42N2O2/c1-3-33-29(32)15-14-23-10-4-5-13-28(23)30(2)26-19-24-11-7-12-25(20-26)31(24)27-17-21-8-6-9-22(16-21)18-27/h4-5,10,13-15,21-22,24-27H,3,6-9,11-12,16-20H2,1-2H3/b15-14+/t21-,22+,24-,25+,26+,27+. The molecule has 2 saturated carbocycles. The molecule has 0 unspecified atom stereocenters. The molecule has 2 aliphatic heterocycles. The summed E-state index contributed by atoms with van der Waals surface area (Å²) in [6, 6.07) is 11.4. The van der Waals surface area contributed by atoms with Crippen LogP contribution in [-0.2, 0) is 9.53 Å². The molecular formula is C29H42N2O2. The first kappa shape index (κ1) is 23.0. The number of nitrogens with zero attached hydrogens (tertiary/aromatic N) is 2. The summed E-state index contributed by atoms with van der Waals surface area (Å²) in [5.41, 5.74) is 2.32. The SMILES string of the molecule is CCOC(=O)/C=C/c1ccccc1N(C)[C@H]1C[C@H]2CCC[C@@H](C1)N2[C@H]1C[C@@H]2CCC[C@@H](C2)C1. The second-order valence-electron chi connectivity index (χ2n) is 11.1. The third-order valence-electron chi connectivity index (χ3n) is 9.08. The molecule has 0 radical (unpaired) electrons. The van der Waals surface area contributed by atoms with Gasteiger partial charge in [-0.15, -0.1) is 0 Å². The molecule has 2 heterocycles. The second kappa shape index (κ2) is 10.2. The van der Waals surface area contributed by atoms with Gasteiger partial charge in [0.05, 0.1) is 6.61 Å². The zero-order chi connectivity index (χ0) is 22.8. The highest BCUT2D eigenvalue weighted by molar-refractivity contribution is 5.88. The highest BCUT2D eigenvalue weighted by Crippen LogP contribution is 2.46. The molecule has 2 saturated heterocycles. The van der Waals surface area contributed by atoms with Crippen LogP contribution in [0.25, 0.3) is 6.08 Å². The van der Waals surface area contributed by atoms with E-state index in [1.807, 2.05) is 13.0 Å². The van der Waals surface area contributed by atoms with Crippen LogP contribution in [0.2, 0.25) is 0 Å². The summed E-state index contributed by atoms with van der Waals surface area (Å²) in [6.07, 6.45) is 19.1. The number of carbonyl (C=O) groups excluding carboxylic acids is 1. The van der Waals surface area contributed by atoms with Crippen LogP contribution in [0.5, 0.6) is 0 Å². The van der Waals surface area contributed by atoms with Gasteiger partial charge in [-0.05, 0) is 81.4 Å². The lowest BCUT2D eigenvalue weighted by atomic mass is 9.68. The number of ether oxygens (including phenoxy) is 1. The molecule has 180 valence electrons. The van der Waals surface area contributed by atoms with Crippen LogP contribution in [0.3, 0.4) is 0 Å². The minimum Gasteiger partial charge on any atom is -0.463 e. The Morgan fingerprint density at radius 2 is 1.64 bits per heavy atom. The van der Waals surface area contributed by atoms with Crippen LogP contribution in [0.4, 0.5) is 5.69 Å². The summed E-state index contributed by atoms with van der Waals surface area (Å²) >= 11 is 0. The van der Waals surface area contributed by atoms with Crippen LogP contribution >= 0.6 is 0 Å². The van der Waals surface area contributed by atoms with Crippen molar-refractivity contribution < 1.29 is 9.53 Å². The average Bonchev–Trinajstić information content (AvgIpc) is 2.81. The van der Waals surface area contributed by atoms with Gasteiger partial charge in [-0.2, -0.15) is 0 Å². The van der Waals surface area contributed by atoms with Crippen molar-refractivity contribution in [3.05, 3.63) is 35.9 Å². The number of fused-ring (bicyclic) bond motifs is 4. The Balaban J connectivity index is 1.30. The number of anilines is 1. The Morgan fingerprint density at radius 3 is 2.33 bits per heavy atom. The van der Waals surface area contributed by atoms with Gasteiger partial charge in [-0.3, -0.25) is 4.90 Å². The number of para-hydroxylation sites is 1. The van der Waals surface area contributed by atoms with Crippen molar-refractivity contribution in [1.29, 1.82) is 0 Å². The number of esters is 1. The Kier molecular flexibility index (Phi) is 7.10. The lowest BCUT2D eigenvalue weighted by Crippen LogP contribution is -2.61. The van der Waals surface area contributed by atoms with Crippen LogP contribution in [0.1, 0.15) is 83.1 Å². The molecule has 1 aromatic rings. The molecule has 0 amide bonds. The van der Waals surface area contributed by atoms with E-state index in [-0.39, 0.29) is 5.97 Å². The van der Waals surface area contributed by atoms with E-state index in [9.17, 15) is 4.79 Å². The zero-order valence-corrected chi connectivity index (χ0v) is 20.6. The van der Waals surface area contributed by atoms with E-state index in [4.69, 9.17) is 4.74 Å². The Labute approximate surface area is 200 Å². The van der Waals surface area contributed by atoms with Gasteiger partial charge in [0.2, 0.25) is 0 Å². The molecular weight excluding hydrogens is 408 g/mol. The van der Waals surface area contributed by atoms with Crippen molar-refractivity contribution in [2.45, 2.75) is 102 Å². The number of hydrogen-bond acceptors (Lipinski definition) is 4. The largest absolute Gasteiger partial charge is 0.463 e. The third kappa shape index (κ3) is 5.01. The van der Waals surface area contributed by atoms with E-state index >= 15 is 0 Å². The third-order valence-corrected chi connectivity index (χ3v) is 9.08. The Morgan fingerprint density at radius 1 is 0.970 bits per heavy atom.